The van der Waals surface area contributed by atoms with E-state index >= 15 is 0 Å². The topological polar surface area (TPSA) is 87.5 Å². The summed E-state index contributed by atoms with van der Waals surface area (Å²) in [6.07, 6.45) is -0.850. The Kier molecular flexibility index (Phi) is 5.50. The first kappa shape index (κ1) is 19.3. The fourth-order valence-corrected chi connectivity index (χ4v) is 4.31. The van der Waals surface area contributed by atoms with E-state index in [1.807, 2.05) is 0 Å². The van der Waals surface area contributed by atoms with E-state index in [2.05, 4.69) is 9.72 Å². The number of pyridine rings is 1. The third kappa shape index (κ3) is 3.83. The molecular weight excluding hydrogens is 392 g/mol. The number of carbonyl (C=O) groups excluding carboxylic acids is 1. The number of rotatable bonds is 6. The van der Waals surface area contributed by atoms with Crippen LogP contribution in [-0.4, -0.2) is 36.6 Å². The molecule has 0 spiro atoms. The molecule has 0 aliphatic carbocycles. The molecule has 1 aromatic carbocycles. The van der Waals surface area contributed by atoms with Crippen LogP contribution in [0.4, 0.5) is 0 Å². The van der Waals surface area contributed by atoms with Gasteiger partial charge < -0.3 is 9.47 Å². The first-order valence-electron chi connectivity index (χ1n) is 8.01. The van der Waals surface area contributed by atoms with Crippen LogP contribution in [0.3, 0.4) is 0 Å². The van der Waals surface area contributed by atoms with E-state index in [4.69, 9.17) is 16.3 Å². The van der Waals surface area contributed by atoms with Crippen LogP contribution in [-0.2, 0) is 30.9 Å². The zero-order valence-corrected chi connectivity index (χ0v) is 16.2. The number of halogens is 1. The second-order valence-electron chi connectivity index (χ2n) is 5.73. The van der Waals surface area contributed by atoms with Crippen molar-refractivity contribution in [2.75, 3.05) is 7.11 Å². The summed E-state index contributed by atoms with van der Waals surface area (Å²) >= 11 is 5.94. The Morgan fingerprint density at radius 2 is 1.93 bits per heavy atom. The fraction of sp³-hybridized carbons (Fsp3) is 0.222. The van der Waals surface area contributed by atoms with E-state index < -0.39 is 22.1 Å². The molecule has 7 nitrogen and oxygen atoms in total. The third-order valence-electron chi connectivity index (χ3n) is 3.95. The average molecular weight is 409 g/mol. The van der Waals surface area contributed by atoms with E-state index in [1.165, 1.54) is 32.2 Å². The number of nitrogens with zero attached hydrogens (tertiary/aromatic N) is 2. The molecular formula is C18H17ClN2O5S. The minimum absolute atomic E-state index is 0.125. The van der Waals surface area contributed by atoms with Gasteiger partial charge in [0, 0.05) is 0 Å². The Bertz CT molecular complexity index is 1080. The lowest BCUT2D eigenvalue weighted by molar-refractivity contribution is -0.153. The van der Waals surface area contributed by atoms with E-state index in [0.29, 0.717) is 16.7 Å². The maximum atomic E-state index is 13.2. The van der Waals surface area contributed by atoms with Crippen molar-refractivity contribution < 1.29 is 22.7 Å². The molecule has 3 aromatic rings. The molecule has 0 radical (unpaired) electrons. The van der Waals surface area contributed by atoms with Gasteiger partial charge in [-0.3, -0.25) is 0 Å². The van der Waals surface area contributed by atoms with E-state index in [1.54, 1.807) is 30.3 Å². The van der Waals surface area contributed by atoms with Gasteiger partial charge >= 0.3 is 5.97 Å². The van der Waals surface area contributed by atoms with E-state index in [0.717, 1.165) is 3.97 Å². The van der Waals surface area contributed by atoms with Gasteiger partial charge in [0.1, 0.15) is 5.15 Å². The summed E-state index contributed by atoms with van der Waals surface area (Å²) in [4.78, 5) is 15.9. The molecule has 0 aliphatic rings. The van der Waals surface area contributed by atoms with Crippen molar-refractivity contribution in [1.82, 2.24) is 8.96 Å². The summed E-state index contributed by atoms with van der Waals surface area (Å²) in [5, 5.41) is 0.243. The molecule has 3 rings (SSSR count). The van der Waals surface area contributed by atoms with Gasteiger partial charge in [0.2, 0.25) is 0 Å². The van der Waals surface area contributed by atoms with Gasteiger partial charge in [-0.2, -0.15) is 0 Å². The molecule has 142 valence electrons. The first-order valence-corrected chi connectivity index (χ1v) is 9.83. The van der Waals surface area contributed by atoms with Crippen LogP contribution >= 0.6 is 11.6 Å². The van der Waals surface area contributed by atoms with Crippen molar-refractivity contribution >= 4 is 38.6 Å². The largest absolute Gasteiger partial charge is 0.467 e. The standard InChI is InChI=1S/C18H17ClN2O5S/c1-12(18(22)25-2)26-11-13-10-15-16(8-9-17(19)20-15)21(13)27(23,24)14-6-4-3-5-7-14/h3-10,12H,11H2,1-2H3/t12-/m1/s1. The van der Waals surface area contributed by atoms with Gasteiger partial charge in [-0.25, -0.2) is 22.2 Å². The van der Waals surface area contributed by atoms with E-state index in [9.17, 15) is 13.2 Å². The monoisotopic (exact) mass is 408 g/mol. The average Bonchev–Trinajstić information content (AvgIpc) is 3.04. The van der Waals surface area contributed by atoms with Crippen LogP contribution in [0.2, 0.25) is 5.15 Å². The molecule has 0 N–H and O–H groups in total. The highest BCUT2D eigenvalue weighted by molar-refractivity contribution is 7.90. The van der Waals surface area contributed by atoms with Crippen LogP contribution in [0.15, 0.2) is 53.4 Å². The molecule has 0 amide bonds. The second-order valence-corrected chi connectivity index (χ2v) is 7.91. The van der Waals surface area contributed by atoms with Crippen LogP contribution in [0, 0.1) is 0 Å². The molecule has 1 atom stereocenters. The second kappa shape index (κ2) is 7.67. The molecule has 0 fully saturated rings. The SMILES string of the molecule is COC(=O)[C@@H](C)OCc1cc2nc(Cl)ccc2n1S(=O)(=O)c1ccccc1. The van der Waals surface area contributed by atoms with Crippen molar-refractivity contribution in [1.29, 1.82) is 0 Å². The minimum atomic E-state index is -3.90. The van der Waals surface area contributed by atoms with Crippen LogP contribution in [0.25, 0.3) is 11.0 Å². The third-order valence-corrected chi connectivity index (χ3v) is 5.94. The predicted molar refractivity (Wildman–Crippen MR) is 100 cm³/mol. The van der Waals surface area contributed by atoms with Crippen molar-refractivity contribution in [3.63, 3.8) is 0 Å². The number of fused-ring (bicyclic) bond motifs is 1. The smallest absolute Gasteiger partial charge is 0.334 e. The maximum Gasteiger partial charge on any atom is 0.334 e. The minimum Gasteiger partial charge on any atom is -0.467 e. The molecule has 0 unspecified atom stereocenters. The number of ether oxygens (including phenoxy) is 2. The fourth-order valence-electron chi connectivity index (χ4n) is 2.62. The Morgan fingerprint density at radius 1 is 1.22 bits per heavy atom. The van der Waals surface area contributed by atoms with Gasteiger partial charge in [0.15, 0.2) is 6.10 Å². The predicted octanol–water partition coefficient (Wildman–Crippen LogP) is 3.00. The molecule has 0 saturated heterocycles. The highest BCUT2D eigenvalue weighted by atomic mass is 35.5. The lowest BCUT2D eigenvalue weighted by Gasteiger charge is -2.14. The Morgan fingerprint density at radius 3 is 2.59 bits per heavy atom. The molecule has 2 aromatic heterocycles. The molecule has 0 saturated carbocycles. The van der Waals surface area contributed by atoms with Crippen molar-refractivity contribution in [2.24, 2.45) is 0 Å². The van der Waals surface area contributed by atoms with Gasteiger partial charge in [0.25, 0.3) is 10.0 Å². The highest BCUT2D eigenvalue weighted by Crippen LogP contribution is 2.26. The summed E-state index contributed by atoms with van der Waals surface area (Å²) in [5.74, 6) is -0.551. The highest BCUT2D eigenvalue weighted by Gasteiger charge is 2.24. The summed E-state index contributed by atoms with van der Waals surface area (Å²) < 4.78 is 37.7. The number of esters is 1. The van der Waals surface area contributed by atoms with Crippen molar-refractivity contribution in [3.8, 4) is 0 Å². The number of methoxy groups -OCH3 is 1. The Hall–Kier alpha value is -2.42. The van der Waals surface area contributed by atoms with Crippen molar-refractivity contribution in [3.05, 3.63) is 59.4 Å². The molecule has 0 aliphatic heterocycles. The molecule has 2 heterocycles. The van der Waals surface area contributed by atoms with Crippen LogP contribution < -0.4 is 0 Å². The molecule has 27 heavy (non-hydrogen) atoms. The van der Waals surface area contributed by atoms with Gasteiger partial charge in [-0.1, -0.05) is 29.8 Å². The summed E-state index contributed by atoms with van der Waals surface area (Å²) in [6, 6.07) is 12.7. The lowest BCUT2D eigenvalue weighted by atomic mass is 10.3. The number of aromatic nitrogens is 2. The summed E-state index contributed by atoms with van der Waals surface area (Å²) in [7, 11) is -2.65. The quantitative estimate of drug-likeness (QED) is 0.460. The Balaban J connectivity index is 2.11. The zero-order chi connectivity index (χ0) is 19.6. The van der Waals surface area contributed by atoms with Crippen molar-refractivity contribution in [2.45, 2.75) is 24.5 Å². The van der Waals surface area contributed by atoms with Crippen LogP contribution in [0.1, 0.15) is 12.6 Å². The molecule has 0 bridgehead atoms. The van der Waals surface area contributed by atoms with Gasteiger partial charge in [-0.15, -0.1) is 0 Å². The van der Waals surface area contributed by atoms with Gasteiger partial charge in [0.05, 0.1) is 35.3 Å². The van der Waals surface area contributed by atoms with Gasteiger partial charge in [-0.05, 0) is 37.3 Å². The summed E-state index contributed by atoms with van der Waals surface area (Å²) in [5.41, 5.74) is 1.10. The van der Waals surface area contributed by atoms with Crippen LogP contribution in [0.5, 0.6) is 0 Å². The number of carbonyl (C=O) groups is 1. The number of hydrogen-bond donors (Lipinski definition) is 0. The maximum absolute atomic E-state index is 13.2. The normalized spacial score (nSPS) is 12.9. The van der Waals surface area contributed by atoms with E-state index in [-0.39, 0.29) is 16.7 Å². The molecule has 9 heteroatoms. The number of hydrogen-bond acceptors (Lipinski definition) is 6. The summed E-state index contributed by atoms with van der Waals surface area (Å²) in [6.45, 7) is 1.40. The zero-order valence-electron chi connectivity index (χ0n) is 14.6. The lowest BCUT2D eigenvalue weighted by Crippen LogP contribution is -2.23. The Labute approximate surface area is 161 Å². The first-order chi connectivity index (χ1) is 12.8. The number of benzene rings is 1.